The van der Waals surface area contributed by atoms with Crippen LogP contribution in [0.15, 0.2) is 48.5 Å². The summed E-state index contributed by atoms with van der Waals surface area (Å²) in [6.07, 6.45) is 2.80. The summed E-state index contributed by atoms with van der Waals surface area (Å²) in [6, 6.07) is 13.9. The van der Waals surface area contributed by atoms with Gasteiger partial charge in [0.25, 0.3) is 0 Å². The number of halogens is 1. The molecule has 2 amide bonds. The van der Waals surface area contributed by atoms with E-state index in [0.29, 0.717) is 56.6 Å². The van der Waals surface area contributed by atoms with Crippen molar-refractivity contribution in [3.63, 3.8) is 0 Å². The van der Waals surface area contributed by atoms with Crippen LogP contribution in [0.5, 0.6) is 0 Å². The Labute approximate surface area is 188 Å². The summed E-state index contributed by atoms with van der Waals surface area (Å²) in [6.45, 7) is 3.80. The van der Waals surface area contributed by atoms with Crippen LogP contribution in [-0.4, -0.2) is 53.6 Å². The molecule has 0 bridgehead atoms. The Hall–Kier alpha value is -3.02. The molecular formula is C26H29FN2O3. The highest BCUT2D eigenvalue weighted by Crippen LogP contribution is 2.28. The van der Waals surface area contributed by atoms with Crippen LogP contribution >= 0.6 is 0 Å². The molecule has 0 saturated carbocycles. The first-order chi connectivity index (χ1) is 15.4. The molecule has 2 aliphatic rings. The fourth-order valence-corrected chi connectivity index (χ4v) is 4.85. The molecule has 2 saturated heterocycles. The highest BCUT2D eigenvalue weighted by Gasteiger charge is 2.34. The second kappa shape index (κ2) is 9.63. The van der Waals surface area contributed by atoms with Gasteiger partial charge in [0.1, 0.15) is 5.82 Å². The fourth-order valence-electron chi connectivity index (χ4n) is 4.85. The summed E-state index contributed by atoms with van der Waals surface area (Å²) in [5.41, 5.74) is 1.60. The molecule has 0 unspecified atom stereocenters. The van der Waals surface area contributed by atoms with E-state index in [4.69, 9.17) is 0 Å². The fraction of sp³-hybridized carbons (Fsp3) is 0.423. The van der Waals surface area contributed by atoms with Crippen molar-refractivity contribution in [1.29, 1.82) is 0 Å². The van der Waals surface area contributed by atoms with Crippen molar-refractivity contribution in [1.82, 2.24) is 9.80 Å². The number of benzene rings is 2. The second-order valence-electron chi connectivity index (χ2n) is 8.83. The third-order valence-electron chi connectivity index (χ3n) is 6.73. The molecule has 4 rings (SSSR count). The highest BCUT2D eigenvalue weighted by molar-refractivity contribution is 5.99. The van der Waals surface area contributed by atoms with Crippen molar-refractivity contribution < 1.29 is 18.8 Å². The van der Waals surface area contributed by atoms with Crippen LogP contribution in [0.4, 0.5) is 4.39 Å². The van der Waals surface area contributed by atoms with Gasteiger partial charge >= 0.3 is 0 Å². The standard InChI is InChI=1S/C26H29FN2O3/c1-18(30)28-14-11-20(12-15-28)26(32)29-13-5-8-22(17-29)25(31)21-9-10-23(24(27)16-21)19-6-3-2-4-7-19/h2-4,6-7,9-10,16,20,22H,5,8,11-15,17H2,1H3/t22-/m0/s1. The first-order valence-corrected chi connectivity index (χ1v) is 11.4. The molecule has 32 heavy (non-hydrogen) atoms. The molecule has 0 N–H and O–H groups in total. The van der Waals surface area contributed by atoms with Crippen molar-refractivity contribution in [2.45, 2.75) is 32.6 Å². The topological polar surface area (TPSA) is 57.7 Å². The van der Waals surface area contributed by atoms with Crippen molar-refractivity contribution in [3.8, 4) is 11.1 Å². The van der Waals surface area contributed by atoms with Gasteiger partial charge in [-0.05, 0) is 37.3 Å². The van der Waals surface area contributed by atoms with Gasteiger partial charge in [0, 0.05) is 56.1 Å². The molecule has 5 nitrogen and oxygen atoms in total. The van der Waals surface area contributed by atoms with Crippen LogP contribution in [0, 0.1) is 17.7 Å². The molecule has 0 aromatic heterocycles. The highest BCUT2D eigenvalue weighted by atomic mass is 19.1. The van der Waals surface area contributed by atoms with Crippen LogP contribution in [0.1, 0.15) is 43.0 Å². The lowest BCUT2D eigenvalue weighted by atomic mass is 9.87. The number of ketones is 1. The van der Waals surface area contributed by atoms with E-state index in [9.17, 15) is 18.8 Å². The maximum Gasteiger partial charge on any atom is 0.225 e. The minimum absolute atomic E-state index is 0.0463. The maximum absolute atomic E-state index is 14.8. The molecule has 2 heterocycles. The van der Waals surface area contributed by atoms with Gasteiger partial charge in [-0.2, -0.15) is 0 Å². The van der Waals surface area contributed by atoms with E-state index in [1.807, 2.05) is 30.3 Å². The average molecular weight is 437 g/mol. The molecule has 2 aromatic carbocycles. The van der Waals surface area contributed by atoms with E-state index < -0.39 is 5.82 Å². The Morgan fingerprint density at radius 1 is 0.875 bits per heavy atom. The molecule has 168 valence electrons. The molecule has 6 heteroatoms. The minimum atomic E-state index is -0.414. The van der Waals surface area contributed by atoms with E-state index in [-0.39, 0.29) is 29.4 Å². The van der Waals surface area contributed by atoms with Crippen LogP contribution < -0.4 is 0 Å². The van der Waals surface area contributed by atoms with Crippen molar-refractivity contribution in [3.05, 3.63) is 59.9 Å². The zero-order valence-electron chi connectivity index (χ0n) is 18.4. The minimum Gasteiger partial charge on any atom is -0.343 e. The molecular weight excluding hydrogens is 407 g/mol. The van der Waals surface area contributed by atoms with Gasteiger partial charge < -0.3 is 9.80 Å². The lowest BCUT2D eigenvalue weighted by Gasteiger charge is -2.37. The number of carbonyl (C=O) groups excluding carboxylic acids is 3. The Morgan fingerprint density at radius 2 is 1.59 bits per heavy atom. The molecule has 1 atom stereocenters. The van der Waals surface area contributed by atoms with E-state index >= 15 is 0 Å². The summed E-state index contributed by atoms with van der Waals surface area (Å²) >= 11 is 0. The first-order valence-electron chi connectivity index (χ1n) is 11.4. The van der Waals surface area contributed by atoms with E-state index in [0.717, 1.165) is 12.0 Å². The molecule has 0 radical (unpaired) electrons. The van der Waals surface area contributed by atoms with Gasteiger partial charge in [-0.3, -0.25) is 14.4 Å². The van der Waals surface area contributed by atoms with Gasteiger partial charge in [-0.1, -0.05) is 42.5 Å². The van der Waals surface area contributed by atoms with Gasteiger partial charge in [0.15, 0.2) is 5.78 Å². The van der Waals surface area contributed by atoms with Crippen LogP contribution in [-0.2, 0) is 9.59 Å². The van der Waals surface area contributed by atoms with Crippen molar-refractivity contribution in [2.24, 2.45) is 11.8 Å². The predicted molar refractivity (Wildman–Crippen MR) is 120 cm³/mol. The lowest BCUT2D eigenvalue weighted by Crippen LogP contribution is -2.48. The number of amides is 2. The predicted octanol–water partition coefficient (Wildman–Crippen LogP) is 4.17. The summed E-state index contributed by atoms with van der Waals surface area (Å²) < 4.78 is 14.8. The number of carbonyl (C=O) groups is 3. The molecule has 0 aliphatic carbocycles. The number of nitrogens with zero attached hydrogens (tertiary/aromatic N) is 2. The lowest BCUT2D eigenvalue weighted by molar-refractivity contribution is -0.141. The number of hydrogen-bond donors (Lipinski definition) is 0. The van der Waals surface area contributed by atoms with Crippen LogP contribution in [0.25, 0.3) is 11.1 Å². The summed E-state index contributed by atoms with van der Waals surface area (Å²) in [5, 5.41) is 0. The van der Waals surface area contributed by atoms with Gasteiger partial charge in [-0.25, -0.2) is 4.39 Å². The largest absolute Gasteiger partial charge is 0.343 e. The van der Waals surface area contributed by atoms with Crippen LogP contribution in [0.3, 0.4) is 0 Å². The SMILES string of the molecule is CC(=O)N1CCC(C(=O)N2CCC[C@H](C(=O)c3ccc(-c4ccccc4)c(F)c3)C2)CC1. The second-order valence-corrected chi connectivity index (χ2v) is 8.83. The van der Waals surface area contributed by atoms with Crippen molar-refractivity contribution >= 4 is 17.6 Å². The van der Waals surface area contributed by atoms with Crippen LogP contribution in [0.2, 0.25) is 0 Å². The normalized spacial score (nSPS) is 19.6. The molecule has 2 aliphatic heterocycles. The van der Waals surface area contributed by atoms with Crippen molar-refractivity contribution in [2.75, 3.05) is 26.2 Å². The van der Waals surface area contributed by atoms with E-state index in [1.54, 1.807) is 28.9 Å². The Morgan fingerprint density at radius 3 is 2.25 bits per heavy atom. The summed E-state index contributed by atoms with van der Waals surface area (Å²) in [7, 11) is 0. The smallest absolute Gasteiger partial charge is 0.225 e. The van der Waals surface area contributed by atoms with Gasteiger partial charge in [-0.15, -0.1) is 0 Å². The molecule has 2 fully saturated rings. The third-order valence-corrected chi connectivity index (χ3v) is 6.73. The number of Topliss-reactive ketones (excluding diaryl/α,β-unsaturated/α-hetero) is 1. The summed E-state index contributed by atoms with van der Waals surface area (Å²) in [4.78, 5) is 41.3. The first kappa shape index (κ1) is 22.2. The van der Waals surface area contributed by atoms with Gasteiger partial charge in [0.2, 0.25) is 11.8 Å². The average Bonchev–Trinajstić information content (AvgIpc) is 2.83. The number of rotatable bonds is 4. The number of likely N-dealkylation sites (tertiary alicyclic amines) is 2. The Bertz CT molecular complexity index is 999. The monoisotopic (exact) mass is 436 g/mol. The summed E-state index contributed by atoms with van der Waals surface area (Å²) in [5.74, 6) is -0.800. The Kier molecular flexibility index (Phi) is 6.68. The van der Waals surface area contributed by atoms with E-state index in [1.165, 1.54) is 6.07 Å². The number of piperidine rings is 2. The number of hydrogen-bond acceptors (Lipinski definition) is 3. The maximum atomic E-state index is 14.8. The third kappa shape index (κ3) is 4.74. The molecule has 2 aromatic rings. The zero-order valence-corrected chi connectivity index (χ0v) is 18.4. The van der Waals surface area contributed by atoms with Gasteiger partial charge in [0.05, 0.1) is 0 Å². The van der Waals surface area contributed by atoms with E-state index in [2.05, 4.69) is 0 Å². The Balaban J connectivity index is 1.41. The molecule has 0 spiro atoms. The quantitative estimate of drug-likeness (QED) is 0.676. The zero-order chi connectivity index (χ0) is 22.7.